The van der Waals surface area contributed by atoms with Gasteiger partial charge >= 0.3 is 5.97 Å². The van der Waals surface area contributed by atoms with E-state index >= 15 is 0 Å². The van der Waals surface area contributed by atoms with E-state index in [0.717, 1.165) is 43.9 Å². The van der Waals surface area contributed by atoms with Gasteiger partial charge in [0.05, 0.1) is 12.8 Å². The van der Waals surface area contributed by atoms with Gasteiger partial charge in [-0.3, -0.25) is 4.79 Å². The van der Waals surface area contributed by atoms with Crippen molar-refractivity contribution in [3.05, 3.63) is 70.8 Å². The summed E-state index contributed by atoms with van der Waals surface area (Å²) in [4.78, 5) is 25.4. The van der Waals surface area contributed by atoms with Crippen molar-refractivity contribution in [1.29, 1.82) is 0 Å². The average molecular weight is 547 g/mol. The Kier molecular flexibility index (Phi) is 11.0. The molecule has 3 aromatic rings. The summed E-state index contributed by atoms with van der Waals surface area (Å²) in [7, 11) is 0. The van der Waals surface area contributed by atoms with E-state index in [0.29, 0.717) is 21.0 Å². The van der Waals surface area contributed by atoms with E-state index in [9.17, 15) is 24.3 Å². The average Bonchev–Trinajstić information content (AvgIpc) is 3.34. The number of nitrogens with zero attached hydrogens (tertiary/aromatic N) is 3. The molecule has 0 aliphatic rings. The molecular formula is C27H32ClFN4O5. The molecule has 2 unspecified atom stereocenters. The van der Waals surface area contributed by atoms with Crippen LogP contribution in [0.25, 0.3) is 11.1 Å². The van der Waals surface area contributed by atoms with Gasteiger partial charge in [-0.15, -0.1) is 5.10 Å². The highest BCUT2D eigenvalue weighted by Crippen LogP contribution is 2.26. The van der Waals surface area contributed by atoms with Gasteiger partial charge in [0.1, 0.15) is 5.82 Å². The first-order valence-electron chi connectivity index (χ1n) is 12.6. The summed E-state index contributed by atoms with van der Waals surface area (Å²) in [6, 6.07) is 10.6. The van der Waals surface area contributed by atoms with Crippen molar-refractivity contribution in [1.82, 2.24) is 20.5 Å². The number of benzene rings is 2. The number of aliphatic hydroxyl groups excluding tert-OH is 1. The Morgan fingerprint density at radius 1 is 1.13 bits per heavy atom. The number of hydrogen-bond donors (Lipinski definition) is 3. The monoisotopic (exact) mass is 546 g/mol. The van der Waals surface area contributed by atoms with Crippen LogP contribution in [-0.4, -0.2) is 56.1 Å². The summed E-state index contributed by atoms with van der Waals surface area (Å²) in [5.74, 6) is -1.80. The van der Waals surface area contributed by atoms with Gasteiger partial charge in [-0.2, -0.15) is 0 Å². The molecule has 0 fully saturated rings. The van der Waals surface area contributed by atoms with Gasteiger partial charge in [-0.25, -0.2) is 9.18 Å². The Balaban J connectivity index is 1.66. The minimum Gasteiger partial charge on any atom is -0.464 e. The molecule has 0 radical (unpaired) electrons. The Bertz CT molecular complexity index is 1200. The van der Waals surface area contributed by atoms with E-state index in [1.807, 2.05) is 0 Å². The Hall–Kier alpha value is -3.50. The largest absolute Gasteiger partial charge is 0.464 e. The van der Waals surface area contributed by atoms with E-state index in [1.165, 1.54) is 18.2 Å². The maximum atomic E-state index is 14.2. The summed E-state index contributed by atoms with van der Waals surface area (Å²) < 4.78 is 19.5. The highest BCUT2D eigenvalue weighted by atomic mass is 35.5. The van der Waals surface area contributed by atoms with Crippen molar-refractivity contribution in [2.24, 2.45) is 0 Å². The van der Waals surface area contributed by atoms with Gasteiger partial charge in [0.2, 0.25) is 0 Å². The molecule has 0 saturated carbocycles. The molecule has 0 saturated heterocycles. The number of aromatic nitrogens is 3. The van der Waals surface area contributed by atoms with Crippen LogP contribution in [0.15, 0.2) is 48.7 Å². The van der Waals surface area contributed by atoms with Gasteiger partial charge in [0, 0.05) is 23.0 Å². The number of amides is 1. The standard InChI is InChI=1S/C27H32ClFN4O5/c1-2-3-4-5-6-13-38-27(36)25(34)16-21(30-26(35)24-17-33(37)32-31-24)14-18-7-9-19(10-8-18)22-15-20(28)11-12-23(22)29/h7-12,15,17,21,25,34,37H,2-6,13-14,16H2,1H3,(H,30,35). The molecule has 38 heavy (non-hydrogen) atoms. The van der Waals surface area contributed by atoms with Crippen LogP contribution in [0.5, 0.6) is 0 Å². The van der Waals surface area contributed by atoms with E-state index in [-0.39, 0.29) is 25.1 Å². The Morgan fingerprint density at radius 2 is 1.87 bits per heavy atom. The molecule has 9 nitrogen and oxygen atoms in total. The molecular weight excluding hydrogens is 515 g/mol. The van der Waals surface area contributed by atoms with Crippen molar-refractivity contribution in [2.75, 3.05) is 6.61 Å². The number of carbonyl (C=O) groups excluding carboxylic acids is 2. The number of nitrogens with one attached hydrogen (secondary N) is 1. The van der Waals surface area contributed by atoms with Crippen molar-refractivity contribution >= 4 is 23.5 Å². The molecule has 0 aliphatic carbocycles. The van der Waals surface area contributed by atoms with Gasteiger partial charge in [0.25, 0.3) is 5.91 Å². The number of carbonyl (C=O) groups is 2. The molecule has 1 aromatic heterocycles. The molecule has 0 spiro atoms. The lowest BCUT2D eigenvalue weighted by atomic mass is 9.97. The van der Waals surface area contributed by atoms with E-state index in [2.05, 4.69) is 22.6 Å². The Morgan fingerprint density at radius 3 is 2.55 bits per heavy atom. The van der Waals surface area contributed by atoms with Gasteiger partial charge in [-0.1, -0.05) is 73.3 Å². The maximum Gasteiger partial charge on any atom is 0.335 e. The van der Waals surface area contributed by atoms with Crippen molar-refractivity contribution < 1.29 is 29.0 Å². The van der Waals surface area contributed by atoms with Crippen molar-refractivity contribution in [3.8, 4) is 11.1 Å². The molecule has 0 bridgehead atoms. The van der Waals surface area contributed by atoms with Crippen molar-refractivity contribution in [2.45, 2.75) is 64.0 Å². The van der Waals surface area contributed by atoms with Gasteiger partial charge < -0.3 is 20.4 Å². The number of halogens is 2. The fourth-order valence-corrected chi connectivity index (χ4v) is 4.15. The van der Waals surface area contributed by atoms with Crippen LogP contribution in [0, 0.1) is 5.82 Å². The molecule has 1 amide bonds. The minimum absolute atomic E-state index is 0.113. The third-order valence-electron chi connectivity index (χ3n) is 6.00. The topological polar surface area (TPSA) is 127 Å². The van der Waals surface area contributed by atoms with Crippen LogP contribution in [0.2, 0.25) is 5.02 Å². The van der Waals surface area contributed by atoms with Crippen LogP contribution >= 0.6 is 11.6 Å². The molecule has 204 valence electrons. The normalized spacial score (nSPS) is 12.6. The van der Waals surface area contributed by atoms with Crippen LogP contribution in [0.1, 0.15) is 61.5 Å². The highest BCUT2D eigenvalue weighted by molar-refractivity contribution is 6.30. The lowest BCUT2D eigenvalue weighted by molar-refractivity contribution is -0.154. The zero-order valence-electron chi connectivity index (χ0n) is 21.1. The third-order valence-corrected chi connectivity index (χ3v) is 6.23. The number of unbranched alkanes of at least 4 members (excludes halogenated alkanes) is 4. The molecule has 0 aliphatic heterocycles. The second kappa shape index (κ2) is 14.4. The predicted octanol–water partition coefficient (Wildman–Crippen LogP) is 4.58. The van der Waals surface area contributed by atoms with E-state index < -0.39 is 29.8 Å². The summed E-state index contributed by atoms with van der Waals surface area (Å²) >= 11 is 6.01. The summed E-state index contributed by atoms with van der Waals surface area (Å²) in [6.45, 7) is 2.34. The number of rotatable bonds is 14. The third kappa shape index (κ3) is 8.81. The molecule has 3 rings (SSSR count). The fraction of sp³-hybridized carbons (Fsp3) is 0.407. The minimum atomic E-state index is -1.45. The molecule has 3 N–H and O–H groups in total. The first kappa shape index (κ1) is 29.1. The SMILES string of the molecule is CCCCCCCOC(=O)C(O)CC(Cc1ccc(-c2cc(Cl)ccc2F)cc1)NC(=O)c1cn(O)nn1. The zero-order valence-corrected chi connectivity index (χ0v) is 21.9. The quantitative estimate of drug-likeness (QED) is 0.153. The van der Waals surface area contributed by atoms with Crippen LogP contribution < -0.4 is 5.32 Å². The predicted molar refractivity (Wildman–Crippen MR) is 139 cm³/mol. The number of aliphatic hydroxyl groups is 1. The van der Waals surface area contributed by atoms with Gasteiger partial charge in [-0.05, 0) is 47.4 Å². The van der Waals surface area contributed by atoms with Crippen molar-refractivity contribution in [3.63, 3.8) is 0 Å². The maximum absolute atomic E-state index is 14.2. The van der Waals surface area contributed by atoms with Gasteiger partial charge in [0.15, 0.2) is 11.8 Å². The second-order valence-electron chi connectivity index (χ2n) is 9.05. The summed E-state index contributed by atoms with van der Waals surface area (Å²) in [5, 5.41) is 29.9. The zero-order chi connectivity index (χ0) is 27.5. The summed E-state index contributed by atoms with van der Waals surface area (Å²) in [6.07, 6.45) is 4.67. The first-order chi connectivity index (χ1) is 18.3. The molecule has 2 atom stereocenters. The first-order valence-corrected chi connectivity index (χ1v) is 13.0. The lowest BCUT2D eigenvalue weighted by Crippen LogP contribution is -2.41. The lowest BCUT2D eigenvalue weighted by Gasteiger charge is -2.21. The van der Waals surface area contributed by atoms with E-state index in [1.54, 1.807) is 24.3 Å². The number of hydrogen-bond acceptors (Lipinski definition) is 7. The van der Waals surface area contributed by atoms with Crippen LogP contribution in [0.4, 0.5) is 4.39 Å². The fourth-order valence-electron chi connectivity index (χ4n) is 3.98. The Labute approximate surface area is 225 Å². The second-order valence-corrected chi connectivity index (χ2v) is 9.49. The smallest absolute Gasteiger partial charge is 0.335 e. The number of ether oxygens (including phenoxy) is 1. The van der Waals surface area contributed by atoms with Crippen LogP contribution in [-0.2, 0) is 16.0 Å². The molecule has 1 heterocycles. The molecule has 11 heteroatoms. The highest BCUT2D eigenvalue weighted by Gasteiger charge is 2.25. The number of esters is 1. The summed E-state index contributed by atoms with van der Waals surface area (Å²) in [5.41, 5.74) is 1.61. The van der Waals surface area contributed by atoms with Crippen LogP contribution in [0.3, 0.4) is 0 Å². The molecule has 2 aromatic carbocycles. The van der Waals surface area contributed by atoms with E-state index in [4.69, 9.17) is 16.3 Å².